The molecule has 0 bridgehead atoms. The molecule has 0 saturated heterocycles. The monoisotopic (exact) mass is 689 g/mol. The van der Waals surface area contributed by atoms with E-state index in [-0.39, 0.29) is 19.5 Å². The van der Waals surface area contributed by atoms with E-state index in [0.717, 1.165) is 27.3 Å². The largest absolute Gasteiger partial charge is 0.530 e. The molecule has 4 N–H and O–H groups in total. The topological polar surface area (TPSA) is 176 Å². The molecule has 0 aliphatic heterocycles. The fourth-order valence-corrected chi connectivity index (χ4v) is 5.57. The molecular formula is C37H49N6O7-. The number of aromatic nitrogens is 1. The Morgan fingerprint density at radius 1 is 0.900 bits per heavy atom. The molecule has 4 atom stereocenters. The number of alkyl carbamates (subject to hydrolysis) is 1. The van der Waals surface area contributed by atoms with E-state index in [2.05, 4.69) is 21.0 Å². The molecule has 3 aromatic rings. The maximum absolute atomic E-state index is 13.8. The van der Waals surface area contributed by atoms with Crippen LogP contribution >= 0.6 is 0 Å². The summed E-state index contributed by atoms with van der Waals surface area (Å²) in [5.74, 6) is -1.53. The first kappa shape index (κ1) is 39.4. The molecular weight excluding hydrogens is 640 g/mol. The number of likely N-dealkylation sites (N-methyl/N-ethyl adjacent to an activating group) is 1. The highest BCUT2D eigenvalue weighted by molar-refractivity contribution is 5.86. The fourth-order valence-electron chi connectivity index (χ4n) is 5.57. The first-order valence-electron chi connectivity index (χ1n) is 16.5. The summed E-state index contributed by atoms with van der Waals surface area (Å²) in [6.45, 7) is 8.82. The van der Waals surface area contributed by atoms with Crippen molar-refractivity contribution in [2.45, 2.75) is 71.8 Å². The maximum atomic E-state index is 13.8. The van der Waals surface area contributed by atoms with Crippen LogP contribution in [0.2, 0.25) is 0 Å². The Balaban J connectivity index is 1.95. The summed E-state index contributed by atoms with van der Waals surface area (Å²) in [5, 5.41) is 30.5. The van der Waals surface area contributed by atoms with Crippen molar-refractivity contribution in [3.05, 3.63) is 90.1 Å². The van der Waals surface area contributed by atoms with Gasteiger partial charge in [-0.1, -0.05) is 95.3 Å². The third kappa shape index (κ3) is 11.6. The molecule has 13 nitrogen and oxygen atoms in total. The number of pyridine rings is 1. The number of ether oxygens (including phenoxy) is 1. The minimum absolute atomic E-state index is 0.147. The highest BCUT2D eigenvalue weighted by Crippen LogP contribution is 2.21. The van der Waals surface area contributed by atoms with E-state index < -0.39 is 59.6 Å². The Bertz CT molecular complexity index is 1550. The summed E-state index contributed by atoms with van der Waals surface area (Å²) in [4.78, 5) is 56.4. The van der Waals surface area contributed by atoms with Crippen LogP contribution in [-0.4, -0.2) is 88.9 Å². The van der Waals surface area contributed by atoms with Crippen molar-refractivity contribution in [2.24, 2.45) is 11.3 Å². The fraction of sp³-hybridized carbons (Fsp3) is 0.432. The first-order chi connectivity index (χ1) is 23.6. The lowest BCUT2D eigenvalue weighted by Gasteiger charge is -2.36. The molecule has 0 aliphatic carbocycles. The van der Waals surface area contributed by atoms with Gasteiger partial charge >= 0.3 is 6.09 Å². The van der Waals surface area contributed by atoms with Crippen molar-refractivity contribution in [1.82, 2.24) is 31.0 Å². The van der Waals surface area contributed by atoms with Gasteiger partial charge in [0, 0.05) is 31.9 Å². The van der Waals surface area contributed by atoms with Gasteiger partial charge in [-0.15, -0.1) is 0 Å². The summed E-state index contributed by atoms with van der Waals surface area (Å²) < 4.78 is 4.76. The SMILES string of the molecule is COC(=O)N[C@H](C(=O)NN(Cc1ccc(-c2ccccn2)cc1)C[C@H](O)[C@H](Cc1ccccc1)NC(=O)[C@H](C(C)C)N(C)C(=O)[O-])C(C)(C)C. The van der Waals surface area contributed by atoms with E-state index in [4.69, 9.17) is 4.74 Å². The normalized spacial score (nSPS) is 13.9. The number of aliphatic hydroxyl groups is 1. The van der Waals surface area contributed by atoms with Crippen LogP contribution in [0, 0.1) is 11.3 Å². The summed E-state index contributed by atoms with van der Waals surface area (Å²) in [6.07, 6.45) is -1.61. The van der Waals surface area contributed by atoms with Gasteiger partial charge in [0.15, 0.2) is 0 Å². The quantitative estimate of drug-likeness (QED) is 0.175. The zero-order valence-electron chi connectivity index (χ0n) is 29.8. The van der Waals surface area contributed by atoms with Gasteiger partial charge in [-0.25, -0.2) is 9.80 Å². The first-order valence-corrected chi connectivity index (χ1v) is 16.5. The van der Waals surface area contributed by atoms with Crippen molar-refractivity contribution in [3.63, 3.8) is 0 Å². The van der Waals surface area contributed by atoms with Crippen molar-refractivity contribution in [2.75, 3.05) is 20.7 Å². The van der Waals surface area contributed by atoms with E-state index in [1.54, 1.807) is 40.8 Å². The average molecular weight is 690 g/mol. The lowest BCUT2D eigenvalue weighted by molar-refractivity contribution is -0.266. The maximum Gasteiger partial charge on any atom is 0.407 e. The minimum Gasteiger partial charge on any atom is -0.530 e. The number of carboxylic acid groups (broad SMARTS) is 1. The number of hydrogen-bond donors (Lipinski definition) is 4. The van der Waals surface area contributed by atoms with Gasteiger partial charge in [-0.3, -0.25) is 20.0 Å². The van der Waals surface area contributed by atoms with Crippen molar-refractivity contribution >= 4 is 24.0 Å². The van der Waals surface area contributed by atoms with E-state index in [0.29, 0.717) is 0 Å². The van der Waals surface area contributed by atoms with Crippen LogP contribution in [0.25, 0.3) is 11.3 Å². The van der Waals surface area contributed by atoms with Crippen molar-refractivity contribution < 1.29 is 34.1 Å². The van der Waals surface area contributed by atoms with Gasteiger partial charge < -0.3 is 35.3 Å². The highest BCUT2D eigenvalue weighted by atomic mass is 16.5. The lowest BCUT2D eigenvalue weighted by Crippen LogP contribution is -2.60. The number of nitrogens with one attached hydrogen (secondary N) is 3. The molecule has 0 saturated carbocycles. The number of carbonyl (C=O) groups excluding carboxylic acids is 4. The number of hydrazine groups is 1. The van der Waals surface area contributed by atoms with Gasteiger partial charge in [0.25, 0.3) is 5.91 Å². The van der Waals surface area contributed by atoms with E-state index in [1.807, 2.05) is 72.8 Å². The van der Waals surface area contributed by atoms with Crippen LogP contribution in [0.5, 0.6) is 0 Å². The van der Waals surface area contributed by atoms with Gasteiger partial charge in [0.05, 0.1) is 24.9 Å². The Labute approximate surface area is 294 Å². The zero-order valence-corrected chi connectivity index (χ0v) is 29.8. The second-order valence-corrected chi connectivity index (χ2v) is 13.6. The molecule has 0 unspecified atom stereocenters. The molecule has 2 aromatic carbocycles. The Kier molecular flexibility index (Phi) is 14.3. The molecule has 1 aromatic heterocycles. The van der Waals surface area contributed by atoms with Crippen LogP contribution < -0.4 is 21.2 Å². The van der Waals surface area contributed by atoms with Gasteiger partial charge in [-0.05, 0) is 41.0 Å². The number of nitrogens with zero attached hydrogens (tertiary/aromatic N) is 3. The van der Waals surface area contributed by atoms with E-state index in [1.165, 1.54) is 19.2 Å². The number of rotatable bonds is 15. The number of carbonyl (C=O) groups is 4. The third-order valence-corrected chi connectivity index (χ3v) is 8.24. The molecule has 0 aliphatic rings. The summed E-state index contributed by atoms with van der Waals surface area (Å²) >= 11 is 0. The molecule has 3 rings (SSSR count). The molecule has 270 valence electrons. The molecule has 50 heavy (non-hydrogen) atoms. The molecule has 4 amide bonds. The Hall–Kier alpha value is -5.01. The highest BCUT2D eigenvalue weighted by Gasteiger charge is 2.36. The number of hydrogen-bond acceptors (Lipinski definition) is 9. The van der Waals surface area contributed by atoms with Gasteiger partial charge in [0.1, 0.15) is 18.2 Å². The number of amides is 4. The van der Waals surface area contributed by atoms with Crippen molar-refractivity contribution in [3.8, 4) is 11.3 Å². The predicted octanol–water partition coefficient (Wildman–Crippen LogP) is 2.74. The molecule has 0 fully saturated rings. The number of benzene rings is 2. The van der Waals surface area contributed by atoms with Gasteiger partial charge in [0.2, 0.25) is 5.91 Å². The summed E-state index contributed by atoms with van der Waals surface area (Å²) in [7, 11) is 2.48. The third-order valence-electron chi connectivity index (χ3n) is 8.24. The van der Waals surface area contributed by atoms with Crippen molar-refractivity contribution in [1.29, 1.82) is 0 Å². The van der Waals surface area contributed by atoms with Crippen LogP contribution in [0.15, 0.2) is 79.0 Å². The van der Waals surface area contributed by atoms with E-state index >= 15 is 0 Å². The average Bonchev–Trinajstić information content (AvgIpc) is 3.07. The standard InChI is InChI=1S/C37H50N6O7/c1-24(2)31(42(6)36(48)49)33(45)39-29(21-25-13-9-8-10-14-25)30(44)23-43(41-34(46)32(37(3,4)5)40-35(47)50-7)22-26-16-18-27(19-17-26)28-15-11-12-20-38-28/h8-20,24,29-32,44H,21-23H2,1-7H3,(H,39,45)(H,40,47)(H,41,46)(H,48,49)/p-1/t29-,30-,31-,32+/m0/s1. The second kappa shape index (κ2) is 18.1. The van der Waals surface area contributed by atoms with E-state index in [9.17, 15) is 29.4 Å². The summed E-state index contributed by atoms with van der Waals surface area (Å²) in [6, 6.07) is 19.5. The smallest absolute Gasteiger partial charge is 0.407 e. The Morgan fingerprint density at radius 2 is 1.54 bits per heavy atom. The molecule has 0 radical (unpaired) electrons. The predicted molar refractivity (Wildman–Crippen MR) is 187 cm³/mol. The molecule has 13 heteroatoms. The van der Waals surface area contributed by atoms with Crippen LogP contribution in [-0.2, 0) is 27.3 Å². The molecule has 0 spiro atoms. The van der Waals surface area contributed by atoms with Crippen LogP contribution in [0.4, 0.5) is 9.59 Å². The lowest BCUT2D eigenvalue weighted by atomic mass is 9.86. The minimum atomic E-state index is -1.50. The Morgan fingerprint density at radius 3 is 2.08 bits per heavy atom. The number of aliphatic hydroxyl groups excluding tert-OH is 1. The van der Waals surface area contributed by atoms with Crippen LogP contribution in [0.1, 0.15) is 45.7 Å². The molecule has 1 heterocycles. The summed E-state index contributed by atoms with van der Waals surface area (Å²) in [5.41, 5.74) is 5.46. The zero-order chi connectivity index (χ0) is 37.0. The number of methoxy groups -OCH3 is 1. The second-order valence-electron chi connectivity index (χ2n) is 13.6. The van der Waals surface area contributed by atoms with Crippen LogP contribution in [0.3, 0.4) is 0 Å². The van der Waals surface area contributed by atoms with Gasteiger partial charge in [-0.2, -0.15) is 0 Å².